The van der Waals surface area contributed by atoms with E-state index < -0.39 is 0 Å². The first kappa shape index (κ1) is 9.59. The minimum Gasteiger partial charge on any atom is -0.322 e. The van der Waals surface area contributed by atoms with Crippen LogP contribution in [0.15, 0.2) is 12.4 Å². The van der Waals surface area contributed by atoms with E-state index in [2.05, 4.69) is 29.9 Å². The predicted molar refractivity (Wildman–Crippen MR) is 55.8 cm³/mol. The summed E-state index contributed by atoms with van der Waals surface area (Å²) in [7, 11) is 0. The molecule has 14 heavy (non-hydrogen) atoms. The first-order chi connectivity index (χ1) is 6.68. The number of hydrogen-bond acceptors (Lipinski definition) is 3. The Morgan fingerprint density at radius 1 is 1.36 bits per heavy atom. The van der Waals surface area contributed by atoms with Gasteiger partial charge in [0.15, 0.2) is 0 Å². The molecule has 1 aromatic heterocycles. The summed E-state index contributed by atoms with van der Waals surface area (Å²) < 4.78 is 0. The van der Waals surface area contributed by atoms with Crippen molar-refractivity contribution >= 4 is 0 Å². The number of nitrogens with two attached hydrogens (primary N) is 1. The Morgan fingerprint density at radius 2 is 2.07 bits per heavy atom. The topological polar surface area (TPSA) is 51.8 Å². The molecule has 2 N–H and O–H groups in total. The average molecular weight is 191 g/mol. The highest BCUT2D eigenvalue weighted by Crippen LogP contribution is 2.39. The molecule has 0 aromatic carbocycles. The molecule has 1 atom stereocenters. The van der Waals surface area contributed by atoms with Crippen LogP contribution >= 0.6 is 0 Å². The predicted octanol–water partition coefficient (Wildman–Crippen LogP) is 2.01. The summed E-state index contributed by atoms with van der Waals surface area (Å²) in [5, 5.41) is 0. The van der Waals surface area contributed by atoms with Gasteiger partial charge >= 0.3 is 0 Å². The van der Waals surface area contributed by atoms with Gasteiger partial charge in [-0.25, -0.2) is 9.97 Å². The zero-order chi connectivity index (χ0) is 10.1. The molecule has 76 valence electrons. The summed E-state index contributed by atoms with van der Waals surface area (Å²) in [6, 6.07) is 2.11. The average Bonchev–Trinajstić information content (AvgIpc) is 3.00. The van der Waals surface area contributed by atoms with Crippen LogP contribution in [-0.2, 0) is 0 Å². The molecular weight excluding hydrogens is 174 g/mol. The number of nitrogens with zero attached hydrogens (tertiary/aromatic N) is 2. The zero-order valence-corrected chi connectivity index (χ0v) is 8.77. The van der Waals surface area contributed by atoms with Crippen molar-refractivity contribution in [2.75, 3.05) is 0 Å². The maximum absolute atomic E-state index is 6.04. The van der Waals surface area contributed by atoms with Crippen molar-refractivity contribution in [3.63, 3.8) is 0 Å². The molecule has 1 aromatic rings. The molecule has 1 fully saturated rings. The van der Waals surface area contributed by atoms with Gasteiger partial charge in [0.25, 0.3) is 0 Å². The number of aromatic nitrogens is 2. The van der Waals surface area contributed by atoms with Crippen molar-refractivity contribution < 1.29 is 0 Å². The van der Waals surface area contributed by atoms with Crippen molar-refractivity contribution in [2.45, 2.75) is 38.6 Å². The lowest BCUT2D eigenvalue weighted by Gasteiger charge is -2.15. The highest BCUT2D eigenvalue weighted by atomic mass is 14.9. The van der Waals surface area contributed by atoms with E-state index in [4.69, 9.17) is 5.73 Å². The maximum Gasteiger partial charge on any atom is 0.116 e. The molecule has 0 aliphatic heterocycles. The minimum atomic E-state index is 0.0375. The number of rotatable bonds is 3. The first-order valence-corrected chi connectivity index (χ1v) is 5.26. The van der Waals surface area contributed by atoms with Crippen LogP contribution in [0.3, 0.4) is 0 Å². The van der Waals surface area contributed by atoms with E-state index in [9.17, 15) is 0 Å². The Labute approximate surface area is 84.8 Å². The lowest BCUT2D eigenvalue weighted by molar-refractivity contribution is 0.501. The molecule has 1 aliphatic carbocycles. The van der Waals surface area contributed by atoms with Gasteiger partial charge in [0.05, 0.1) is 5.69 Å². The van der Waals surface area contributed by atoms with E-state index >= 15 is 0 Å². The van der Waals surface area contributed by atoms with Crippen LogP contribution in [0.5, 0.6) is 0 Å². The summed E-state index contributed by atoms with van der Waals surface area (Å²) in [4.78, 5) is 8.51. The Morgan fingerprint density at radius 3 is 2.64 bits per heavy atom. The molecular formula is C11H17N3. The summed E-state index contributed by atoms with van der Waals surface area (Å²) in [6.45, 7) is 4.23. The first-order valence-electron chi connectivity index (χ1n) is 5.26. The standard InChI is InChI=1S/C11H17N3/c1-7(2)11(12)10-5-9(8-3-4-8)13-6-14-10/h5-8,11H,3-4,12H2,1-2H3. The Kier molecular flexibility index (Phi) is 2.50. The quantitative estimate of drug-likeness (QED) is 0.795. The molecule has 1 saturated carbocycles. The van der Waals surface area contributed by atoms with Crippen molar-refractivity contribution in [1.29, 1.82) is 0 Å². The third kappa shape index (κ3) is 1.93. The largest absolute Gasteiger partial charge is 0.322 e. The molecule has 0 saturated heterocycles. The van der Waals surface area contributed by atoms with Crippen LogP contribution in [0.25, 0.3) is 0 Å². The fourth-order valence-electron chi connectivity index (χ4n) is 1.51. The zero-order valence-electron chi connectivity index (χ0n) is 8.77. The van der Waals surface area contributed by atoms with Crippen molar-refractivity contribution in [2.24, 2.45) is 11.7 Å². The molecule has 3 nitrogen and oxygen atoms in total. The van der Waals surface area contributed by atoms with E-state index in [-0.39, 0.29) is 6.04 Å². The van der Waals surface area contributed by atoms with Crippen LogP contribution in [0.2, 0.25) is 0 Å². The van der Waals surface area contributed by atoms with Gasteiger partial charge in [-0.15, -0.1) is 0 Å². The van der Waals surface area contributed by atoms with E-state index in [1.807, 2.05) is 0 Å². The van der Waals surface area contributed by atoms with Gasteiger partial charge in [-0.05, 0) is 24.8 Å². The molecule has 1 unspecified atom stereocenters. The van der Waals surface area contributed by atoms with E-state index in [0.717, 1.165) is 5.69 Å². The van der Waals surface area contributed by atoms with Crippen molar-refractivity contribution in [1.82, 2.24) is 9.97 Å². The van der Waals surface area contributed by atoms with E-state index in [1.165, 1.54) is 18.5 Å². The van der Waals surface area contributed by atoms with Crippen LogP contribution in [0.4, 0.5) is 0 Å². The normalized spacial score (nSPS) is 18.6. The third-order valence-electron chi connectivity index (χ3n) is 2.76. The van der Waals surface area contributed by atoms with Crippen LogP contribution in [0, 0.1) is 5.92 Å². The van der Waals surface area contributed by atoms with Crippen molar-refractivity contribution in [3.8, 4) is 0 Å². The molecule has 2 rings (SSSR count). The van der Waals surface area contributed by atoms with E-state index in [0.29, 0.717) is 11.8 Å². The van der Waals surface area contributed by atoms with Crippen LogP contribution in [-0.4, -0.2) is 9.97 Å². The fourth-order valence-corrected chi connectivity index (χ4v) is 1.51. The molecule has 0 spiro atoms. The fraction of sp³-hybridized carbons (Fsp3) is 0.636. The Bertz CT molecular complexity index is 318. The second kappa shape index (κ2) is 3.65. The Balaban J connectivity index is 2.20. The molecule has 0 amide bonds. The van der Waals surface area contributed by atoms with Crippen molar-refractivity contribution in [3.05, 3.63) is 23.8 Å². The molecule has 0 bridgehead atoms. The number of hydrogen-bond donors (Lipinski definition) is 1. The van der Waals surface area contributed by atoms with Gasteiger partial charge in [-0.1, -0.05) is 13.8 Å². The lowest BCUT2D eigenvalue weighted by atomic mass is 10.0. The van der Waals surface area contributed by atoms with Gasteiger partial charge in [0.1, 0.15) is 6.33 Å². The van der Waals surface area contributed by atoms with Gasteiger partial charge in [-0.3, -0.25) is 0 Å². The second-order valence-electron chi connectivity index (χ2n) is 4.41. The summed E-state index contributed by atoms with van der Waals surface area (Å²) >= 11 is 0. The SMILES string of the molecule is CC(C)C(N)c1cc(C2CC2)ncn1. The van der Waals surface area contributed by atoms with Gasteiger partial charge in [0.2, 0.25) is 0 Å². The summed E-state index contributed by atoms with van der Waals surface area (Å²) in [5.74, 6) is 1.10. The van der Waals surface area contributed by atoms with Gasteiger partial charge in [0, 0.05) is 17.7 Å². The van der Waals surface area contributed by atoms with Crippen LogP contribution < -0.4 is 5.73 Å². The maximum atomic E-state index is 6.04. The highest BCUT2D eigenvalue weighted by Gasteiger charge is 2.26. The minimum absolute atomic E-state index is 0.0375. The highest BCUT2D eigenvalue weighted by molar-refractivity contribution is 5.19. The van der Waals surface area contributed by atoms with Crippen LogP contribution in [0.1, 0.15) is 50.0 Å². The van der Waals surface area contributed by atoms with E-state index in [1.54, 1.807) is 6.33 Å². The molecule has 1 heterocycles. The monoisotopic (exact) mass is 191 g/mol. The summed E-state index contributed by atoms with van der Waals surface area (Å²) in [6.07, 6.45) is 4.19. The summed E-state index contributed by atoms with van der Waals surface area (Å²) in [5.41, 5.74) is 8.19. The lowest BCUT2D eigenvalue weighted by Crippen LogP contribution is -2.18. The smallest absolute Gasteiger partial charge is 0.116 e. The Hall–Kier alpha value is -0.960. The van der Waals surface area contributed by atoms with Gasteiger partial charge < -0.3 is 5.73 Å². The third-order valence-corrected chi connectivity index (χ3v) is 2.76. The van der Waals surface area contributed by atoms with Gasteiger partial charge in [-0.2, -0.15) is 0 Å². The molecule has 1 aliphatic rings. The molecule has 3 heteroatoms. The second-order valence-corrected chi connectivity index (χ2v) is 4.41. The molecule has 0 radical (unpaired) electrons.